The number of nitrogens with zero attached hydrogens (tertiary/aromatic N) is 1. The Kier molecular flexibility index (Phi) is 7.34. The third-order valence-electron chi connectivity index (χ3n) is 6.72. The van der Waals surface area contributed by atoms with Gasteiger partial charge < -0.3 is 15.3 Å². The number of carbonyl (C=O) groups excluding carboxylic acids is 2. The Bertz CT molecular complexity index is 1530. The Morgan fingerprint density at radius 3 is 2.21 bits per heavy atom. The van der Waals surface area contributed by atoms with E-state index in [9.17, 15) is 23.5 Å². The van der Waals surface area contributed by atoms with Gasteiger partial charge in [0, 0.05) is 40.9 Å². The van der Waals surface area contributed by atoms with E-state index in [1.165, 1.54) is 11.0 Å². The van der Waals surface area contributed by atoms with Crippen molar-refractivity contribution in [3.8, 4) is 11.1 Å². The number of fused-ring (bicyclic) bond motifs is 1. The van der Waals surface area contributed by atoms with Gasteiger partial charge in [-0.25, -0.2) is 8.78 Å². The number of alkyl halides is 2. The van der Waals surface area contributed by atoms with Gasteiger partial charge in [0.2, 0.25) is 0 Å². The van der Waals surface area contributed by atoms with Crippen molar-refractivity contribution in [1.29, 1.82) is 0 Å². The summed E-state index contributed by atoms with van der Waals surface area (Å²) in [5, 5.41) is 12.2. The van der Waals surface area contributed by atoms with Crippen molar-refractivity contribution in [2.45, 2.75) is 12.3 Å². The van der Waals surface area contributed by atoms with Crippen LogP contribution < -0.4 is 10.2 Å². The minimum atomic E-state index is -3.20. The van der Waals surface area contributed by atoms with E-state index in [-0.39, 0.29) is 23.6 Å². The van der Waals surface area contributed by atoms with Crippen LogP contribution in [0.1, 0.15) is 32.7 Å². The number of benzene rings is 4. The summed E-state index contributed by atoms with van der Waals surface area (Å²) < 4.78 is 29.9. The molecule has 0 aromatic heterocycles. The fourth-order valence-corrected chi connectivity index (χ4v) is 4.80. The Hall–Kier alpha value is -4.62. The van der Waals surface area contributed by atoms with Crippen LogP contribution in [0.15, 0.2) is 109 Å². The molecule has 2 N–H and O–H groups in total. The maximum absolute atomic E-state index is 14.9. The van der Waals surface area contributed by atoms with E-state index in [0.29, 0.717) is 22.5 Å². The van der Waals surface area contributed by atoms with Gasteiger partial charge >= 0.3 is 0 Å². The van der Waals surface area contributed by atoms with Crippen LogP contribution >= 0.6 is 0 Å². The lowest BCUT2D eigenvalue weighted by molar-refractivity contribution is 0.0596. The van der Waals surface area contributed by atoms with Gasteiger partial charge in [-0.2, -0.15) is 0 Å². The molecule has 0 saturated carbocycles. The van der Waals surface area contributed by atoms with Gasteiger partial charge in [0.1, 0.15) is 0 Å². The highest BCUT2D eigenvalue weighted by molar-refractivity contribution is 6.10. The molecule has 0 fully saturated rings. The van der Waals surface area contributed by atoms with E-state index in [2.05, 4.69) is 5.32 Å². The van der Waals surface area contributed by atoms with E-state index in [0.717, 1.165) is 17.2 Å². The summed E-state index contributed by atoms with van der Waals surface area (Å²) in [6.45, 7) is -0.726. The molecule has 196 valence electrons. The molecule has 39 heavy (non-hydrogen) atoms. The maximum Gasteiger partial charge on any atom is 0.275 e. The summed E-state index contributed by atoms with van der Waals surface area (Å²) in [4.78, 5) is 27.9. The zero-order valence-electron chi connectivity index (χ0n) is 21.0. The molecule has 4 aromatic carbocycles. The van der Waals surface area contributed by atoms with Gasteiger partial charge in [-0.3, -0.25) is 9.59 Å². The third kappa shape index (κ3) is 5.35. The van der Waals surface area contributed by atoms with Crippen LogP contribution in [-0.4, -0.2) is 36.0 Å². The zero-order valence-corrected chi connectivity index (χ0v) is 21.0. The van der Waals surface area contributed by atoms with Crippen molar-refractivity contribution in [3.63, 3.8) is 0 Å². The topological polar surface area (TPSA) is 69.6 Å². The molecule has 0 aliphatic carbocycles. The monoisotopic (exact) mass is 524 g/mol. The summed E-state index contributed by atoms with van der Waals surface area (Å²) >= 11 is 0. The van der Waals surface area contributed by atoms with Crippen molar-refractivity contribution in [1.82, 2.24) is 0 Å². The number of hydrogen-bond acceptors (Lipinski definition) is 3. The Balaban J connectivity index is 1.38. The number of anilines is 2. The molecular weight excluding hydrogens is 498 g/mol. The zero-order chi connectivity index (χ0) is 27.4. The van der Waals surface area contributed by atoms with E-state index in [4.69, 9.17) is 0 Å². The fraction of sp³-hybridized carbons (Fsp3) is 0.125. The van der Waals surface area contributed by atoms with E-state index in [1.807, 2.05) is 42.5 Å². The number of halogens is 2. The summed E-state index contributed by atoms with van der Waals surface area (Å²) in [5.74, 6) is -3.92. The molecule has 0 unspecified atom stereocenters. The highest BCUT2D eigenvalue weighted by atomic mass is 19.3. The average Bonchev–Trinajstić information content (AvgIpc) is 3.07. The standard InChI is InChI=1S/C32H26F2N2O3/c33-32(34)19-20-36(29-13-7-6-12-27(29)28(32)18-21-37)31(39)23-14-16-24(17-15-23)35-30(38)26-11-5-4-10-25(26)22-8-2-1-3-9-22/h1-18,37H,19-21H2,(H,35,38)/b28-18-. The van der Waals surface area contributed by atoms with Gasteiger partial charge in [-0.1, -0.05) is 66.7 Å². The molecular formula is C32H26F2N2O3. The van der Waals surface area contributed by atoms with Crippen LogP contribution in [0.25, 0.3) is 16.7 Å². The van der Waals surface area contributed by atoms with E-state index < -0.39 is 24.9 Å². The van der Waals surface area contributed by atoms with Crippen LogP contribution in [0.3, 0.4) is 0 Å². The lowest BCUT2D eigenvalue weighted by atomic mass is 9.97. The Morgan fingerprint density at radius 2 is 1.49 bits per heavy atom. The van der Waals surface area contributed by atoms with Crippen molar-refractivity contribution in [2.24, 2.45) is 0 Å². The number of allylic oxidation sites excluding steroid dienone is 1. The molecule has 0 saturated heterocycles. The normalized spacial score (nSPS) is 15.4. The number of carbonyl (C=O) groups is 2. The highest BCUT2D eigenvalue weighted by Crippen LogP contribution is 2.43. The van der Waals surface area contributed by atoms with Crippen molar-refractivity contribution < 1.29 is 23.5 Å². The van der Waals surface area contributed by atoms with Crippen LogP contribution in [0.5, 0.6) is 0 Å². The molecule has 0 atom stereocenters. The molecule has 4 aromatic rings. The highest BCUT2D eigenvalue weighted by Gasteiger charge is 2.40. The lowest BCUT2D eigenvalue weighted by Crippen LogP contribution is -2.33. The number of nitrogens with one attached hydrogen (secondary N) is 1. The molecule has 5 rings (SSSR count). The largest absolute Gasteiger partial charge is 0.392 e. The van der Waals surface area contributed by atoms with Gasteiger partial charge in [0.15, 0.2) is 0 Å². The first-order chi connectivity index (χ1) is 18.9. The van der Waals surface area contributed by atoms with Crippen LogP contribution in [-0.2, 0) is 0 Å². The second-order valence-corrected chi connectivity index (χ2v) is 9.17. The lowest BCUT2D eigenvalue weighted by Gasteiger charge is -2.23. The number of aliphatic hydroxyl groups is 1. The average molecular weight is 525 g/mol. The summed E-state index contributed by atoms with van der Waals surface area (Å²) in [7, 11) is 0. The van der Waals surface area contributed by atoms with Gasteiger partial charge in [0.05, 0.1) is 12.3 Å². The SMILES string of the molecule is O=C(Nc1ccc(C(=O)N2CCC(F)(F)/C(=C\CO)c3ccccc32)cc1)c1ccccc1-c1ccccc1. The van der Waals surface area contributed by atoms with Crippen LogP contribution in [0.4, 0.5) is 20.2 Å². The second kappa shape index (κ2) is 11.0. The fourth-order valence-electron chi connectivity index (χ4n) is 4.80. The quantitative estimate of drug-likeness (QED) is 0.307. The number of hydrogen-bond donors (Lipinski definition) is 2. The number of rotatable bonds is 5. The molecule has 0 radical (unpaired) electrons. The van der Waals surface area contributed by atoms with Crippen LogP contribution in [0.2, 0.25) is 0 Å². The second-order valence-electron chi connectivity index (χ2n) is 9.17. The molecule has 2 amide bonds. The first kappa shape index (κ1) is 26.0. The third-order valence-corrected chi connectivity index (χ3v) is 6.72. The number of para-hydroxylation sites is 1. The molecule has 1 aliphatic rings. The summed E-state index contributed by atoms with van der Waals surface area (Å²) in [5.41, 5.74) is 3.30. The van der Waals surface area contributed by atoms with Crippen molar-refractivity contribution in [2.75, 3.05) is 23.4 Å². The summed E-state index contributed by atoms with van der Waals surface area (Å²) in [6, 6.07) is 29.7. The molecule has 0 spiro atoms. The first-order valence-corrected chi connectivity index (χ1v) is 12.6. The predicted molar refractivity (Wildman–Crippen MR) is 149 cm³/mol. The molecule has 0 bridgehead atoms. The Labute approximate surface area is 225 Å². The van der Waals surface area contributed by atoms with Gasteiger partial charge in [-0.05, 0) is 53.6 Å². The number of aliphatic hydroxyl groups excluding tert-OH is 1. The minimum Gasteiger partial charge on any atom is -0.392 e. The predicted octanol–water partition coefficient (Wildman–Crippen LogP) is 6.67. The van der Waals surface area contributed by atoms with E-state index in [1.54, 1.807) is 54.6 Å². The molecule has 1 aliphatic heterocycles. The molecule has 7 heteroatoms. The van der Waals surface area contributed by atoms with Crippen molar-refractivity contribution in [3.05, 3.63) is 126 Å². The van der Waals surface area contributed by atoms with Gasteiger partial charge in [-0.15, -0.1) is 0 Å². The molecule has 5 nitrogen and oxygen atoms in total. The van der Waals surface area contributed by atoms with Crippen molar-refractivity contribution >= 4 is 28.8 Å². The molecule has 1 heterocycles. The Morgan fingerprint density at radius 1 is 0.846 bits per heavy atom. The minimum absolute atomic E-state index is 0.194. The van der Waals surface area contributed by atoms with Crippen LogP contribution in [0, 0.1) is 0 Å². The smallest absolute Gasteiger partial charge is 0.275 e. The maximum atomic E-state index is 14.9. The summed E-state index contributed by atoms with van der Waals surface area (Å²) in [6.07, 6.45) is 0.522. The number of amides is 2. The van der Waals surface area contributed by atoms with E-state index >= 15 is 0 Å². The first-order valence-electron chi connectivity index (χ1n) is 12.6. The van der Waals surface area contributed by atoms with Gasteiger partial charge in [0.25, 0.3) is 17.7 Å².